The van der Waals surface area contributed by atoms with Crippen LogP contribution in [0, 0.1) is 5.92 Å². The van der Waals surface area contributed by atoms with Crippen LogP contribution in [0.4, 0.5) is 5.82 Å². The van der Waals surface area contributed by atoms with Crippen LogP contribution in [0.15, 0.2) is 12.3 Å². The smallest absolute Gasteiger partial charge is 0.221 e. The Kier molecular flexibility index (Phi) is 3.86. The molecule has 0 aliphatic carbocycles. The van der Waals surface area contributed by atoms with E-state index < -0.39 is 0 Å². The monoisotopic (exact) mass is 251 g/mol. The molecule has 2 heterocycles. The molecule has 1 aliphatic heterocycles. The number of amides is 1. The average Bonchev–Trinajstić information content (AvgIpc) is 2.74. The van der Waals surface area contributed by atoms with Gasteiger partial charge in [-0.3, -0.25) is 14.4 Å². The lowest BCUT2D eigenvalue weighted by atomic mass is 9.93. The van der Waals surface area contributed by atoms with Gasteiger partial charge in [0.1, 0.15) is 5.82 Å². The summed E-state index contributed by atoms with van der Waals surface area (Å²) in [5.41, 5.74) is 11.0. The van der Waals surface area contributed by atoms with Crippen molar-refractivity contribution >= 4 is 11.7 Å². The lowest BCUT2D eigenvalue weighted by molar-refractivity contribution is -0.124. The third-order valence-electron chi connectivity index (χ3n) is 3.69. The molecule has 2 atom stereocenters. The molecule has 2 unspecified atom stereocenters. The number of hydrogen-bond acceptors (Lipinski definition) is 4. The van der Waals surface area contributed by atoms with Gasteiger partial charge in [0.05, 0.1) is 12.5 Å². The Balaban J connectivity index is 1.88. The minimum absolute atomic E-state index is 0.0103. The zero-order valence-electron chi connectivity index (χ0n) is 10.7. The average molecular weight is 251 g/mol. The Morgan fingerprint density at radius 2 is 2.28 bits per heavy atom. The van der Waals surface area contributed by atoms with Crippen LogP contribution in [0.3, 0.4) is 0 Å². The van der Waals surface area contributed by atoms with Crippen molar-refractivity contribution in [3.63, 3.8) is 0 Å². The van der Waals surface area contributed by atoms with E-state index in [0.717, 1.165) is 32.5 Å². The summed E-state index contributed by atoms with van der Waals surface area (Å²) in [4.78, 5) is 13.5. The van der Waals surface area contributed by atoms with Crippen LogP contribution in [0.5, 0.6) is 0 Å². The van der Waals surface area contributed by atoms with Gasteiger partial charge in [-0.05, 0) is 25.8 Å². The Morgan fingerprint density at radius 1 is 1.50 bits per heavy atom. The van der Waals surface area contributed by atoms with Crippen LogP contribution in [0.1, 0.15) is 19.8 Å². The van der Waals surface area contributed by atoms with Crippen molar-refractivity contribution in [1.29, 1.82) is 0 Å². The highest BCUT2D eigenvalue weighted by molar-refractivity contribution is 5.76. The zero-order chi connectivity index (χ0) is 13.1. The number of primary amides is 1. The molecule has 0 spiro atoms. The van der Waals surface area contributed by atoms with Crippen molar-refractivity contribution in [2.45, 2.75) is 32.4 Å². The van der Waals surface area contributed by atoms with Gasteiger partial charge in [-0.25, -0.2) is 0 Å². The molecule has 0 aromatic carbocycles. The van der Waals surface area contributed by atoms with Gasteiger partial charge >= 0.3 is 0 Å². The standard InChI is InChI=1S/C12H21N5O/c1-9-2-3-10(12(14)18)8-16(9)6-7-17-5-4-11(13)15-17/h4-5,9-10H,2-3,6-8H2,1H3,(H2,13,15)(H2,14,18). The fourth-order valence-electron chi connectivity index (χ4n) is 2.46. The highest BCUT2D eigenvalue weighted by Crippen LogP contribution is 2.21. The highest BCUT2D eigenvalue weighted by Gasteiger charge is 2.28. The molecule has 0 radical (unpaired) electrons. The molecule has 100 valence electrons. The van der Waals surface area contributed by atoms with Crippen molar-refractivity contribution in [2.24, 2.45) is 11.7 Å². The normalized spacial score (nSPS) is 25.2. The van der Waals surface area contributed by atoms with Crippen molar-refractivity contribution in [1.82, 2.24) is 14.7 Å². The Labute approximate surface area is 107 Å². The number of carbonyl (C=O) groups is 1. The Bertz CT molecular complexity index is 416. The number of carbonyl (C=O) groups excluding carboxylic acids is 1. The van der Waals surface area contributed by atoms with Gasteiger partial charge in [-0.1, -0.05) is 0 Å². The SMILES string of the molecule is CC1CCC(C(N)=O)CN1CCn1ccc(N)n1. The molecule has 0 saturated carbocycles. The van der Waals surface area contributed by atoms with Crippen LogP contribution in [0.2, 0.25) is 0 Å². The third kappa shape index (κ3) is 3.01. The van der Waals surface area contributed by atoms with Crippen LogP contribution in [-0.2, 0) is 11.3 Å². The lowest BCUT2D eigenvalue weighted by Gasteiger charge is -2.36. The number of nitrogens with two attached hydrogens (primary N) is 2. The number of anilines is 1. The van der Waals surface area contributed by atoms with Crippen molar-refractivity contribution < 1.29 is 4.79 Å². The summed E-state index contributed by atoms with van der Waals surface area (Å²) in [5.74, 6) is 0.343. The van der Waals surface area contributed by atoms with E-state index in [-0.39, 0.29) is 11.8 Å². The van der Waals surface area contributed by atoms with E-state index in [1.165, 1.54) is 0 Å². The molecule has 1 amide bonds. The van der Waals surface area contributed by atoms with Crippen LogP contribution in [-0.4, -0.2) is 39.7 Å². The summed E-state index contributed by atoms with van der Waals surface area (Å²) < 4.78 is 1.83. The molecular formula is C12H21N5O. The minimum atomic E-state index is -0.185. The first kappa shape index (κ1) is 12.9. The number of nitrogens with zero attached hydrogens (tertiary/aromatic N) is 3. The fourth-order valence-corrected chi connectivity index (χ4v) is 2.46. The maximum absolute atomic E-state index is 11.2. The molecule has 0 bridgehead atoms. The van der Waals surface area contributed by atoms with Gasteiger partial charge in [0.25, 0.3) is 0 Å². The summed E-state index contributed by atoms with van der Waals surface area (Å²) in [7, 11) is 0. The molecule has 18 heavy (non-hydrogen) atoms. The first-order valence-electron chi connectivity index (χ1n) is 6.38. The quantitative estimate of drug-likeness (QED) is 0.791. The van der Waals surface area contributed by atoms with Crippen LogP contribution in [0.25, 0.3) is 0 Å². The fraction of sp³-hybridized carbons (Fsp3) is 0.667. The second kappa shape index (κ2) is 5.39. The van der Waals surface area contributed by atoms with Gasteiger partial charge in [-0.2, -0.15) is 5.10 Å². The summed E-state index contributed by atoms with van der Waals surface area (Å²) in [6.45, 7) is 4.60. The minimum Gasteiger partial charge on any atom is -0.382 e. The Hall–Kier alpha value is -1.56. The number of hydrogen-bond donors (Lipinski definition) is 2. The van der Waals surface area contributed by atoms with E-state index in [9.17, 15) is 4.79 Å². The lowest BCUT2D eigenvalue weighted by Crippen LogP contribution is -2.46. The largest absolute Gasteiger partial charge is 0.382 e. The molecule has 2 rings (SSSR count). The highest BCUT2D eigenvalue weighted by atomic mass is 16.1. The summed E-state index contributed by atoms with van der Waals surface area (Å²) in [6, 6.07) is 2.28. The molecule has 1 fully saturated rings. The number of likely N-dealkylation sites (tertiary alicyclic amines) is 1. The molecule has 1 aromatic rings. The van der Waals surface area contributed by atoms with E-state index in [0.29, 0.717) is 11.9 Å². The maximum atomic E-state index is 11.2. The van der Waals surface area contributed by atoms with E-state index in [1.807, 2.05) is 10.9 Å². The van der Waals surface area contributed by atoms with Gasteiger partial charge in [-0.15, -0.1) is 0 Å². The van der Waals surface area contributed by atoms with E-state index >= 15 is 0 Å². The van der Waals surface area contributed by atoms with Gasteiger partial charge in [0, 0.05) is 25.3 Å². The molecule has 1 saturated heterocycles. The van der Waals surface area contributed by atoms with Crippen molar-refractivity contribution in [3.05, 3.63) is 12.3 Å². The van der Waals surface area contributed by atoms with Crippen molar-refractivity contribution in [2.75, 3.05) is 18.8 Å². The van der Waals surface area contributed by atoms with E-state index in [4.69, 9.17) is 11.5 Å². The molecule has 6 nitrogen and oxygen atoms in total. The van der Waals surface area contributed by atoms with Gasteiger partial charge in [0.2, 0.25) is 5.91 Å². The molecule has 4 N–H and O–H groups in total. The van der Waals surface area contributed by atoms with Gasteiger partial charge < -0.3 is 11.5 Å². The molecule has 1 aliphatic rings. The number of piperidine rings is 1. The predicted molar refractivity (Wildman–Crippen MR) is 69.6 cm³/mol. The number of rotatable bonds is 4. The first-order valence-corrected chi connectivity index (χ1v) is 6.38. The number of aromatic nitrogens is 2. The second-order valence-electron chi connectivity index (χ2n) is 5.02. The molecule has 1 aromatic heterocycles. The van der Waals surface area contributed by atoms with Crippen molar-refractivity contribution in [3.8, 4) is 0 Å². The molecular weight excluding hydrogens is 230 g/mol. The zero-order valence-corrected chi connectivity index (χ0v) is 10.7. The molecule has 6 heteroatoms. The van der Waals surface area contributed by atoms with E-state index in [1.54, 1.807) is 6.07 Å². The topological polar surface area (TPSA) is 90.2 Å². The maximum Gasteiger partial charge on any atom is 0.221 e. The number of nitrogen functional groups attached to an aromatic ring is 1. The van der Waals surface area contributed by atoms with Crippen LogP contribution >= 0.6 is 0 Å². The summed E-state index contributed by atoms with van der Waals surface area (Å²) >= 11 is 0. The summed E-state index contributed by atoms with van der Waals surface area (Å²) in [5, 5.41) is 4.15. The van der Waals surface area contributed by atoms with Crippen LogP contribution < -0.4 is 11.5 Å². The second-order valence-corrected chi connectivity index (χ2v) is 5.02. The van der Waals surface area contributed by atoms with Gasteiger partial charge in [0.15, 0.2) is 0 Å². The predicted octanol–water partition coefficient (Wildman–Crippen LogP) is 0.0511. The third-order valence-corrected chi connectivity index (χ3v) is 3.69. The van der Waals surface area contributed by atoms with E-state index in [2.05, 4.69) is 16.9 Å². The Morgan fingerprint density at radius 3 is 2.89 bits per heavy atom. The first-order chi connectivity index (χ1) is 8.56. The summed E-state index contributed by atoms with van der Waals surface area (Å²) in [6.07, 6.45) is 3.80.